The van der Waals surface area contributed by atoms with Crippen molar-refractivity contribution in [1.82, 2.24) is 0 Å². The molecule has 2 heterocycles. The number of nitriles is 1. The largest absolute Gasteiger partial charge is 0.396 e. The zero-order valence-corrected chi connectivity index (χ0v) is 16.7. The molecule has 1 saturated heterocycles. The highest BCUT2D eigenvalue weighted by molar-refractivity contribution is 7.19. The Balaban J connectivity index is 1.52. The van der Waals surface area contributed by atoms with Gasteiger partial charge in [-0.05, 0) is 24.3 Å². The number of nitrogen functional groups attached to an aromatic ring is 1. The lowest BCUT2D eigenvalue weighted by Crippen LogP contribution is -2.46. The first kappa shape index (κ1) is 18.8. The van der Waals surface area contributed by atoms with E-state index in [9.17, 15) is 10.1 Å². The van der Waals surface area contributed by atoms with Crippen LogP contribution in [-0.4, -0.2) is 32.1 Å². The third kappa shape index (κ3) is 3.89. The molecule has 1 fully saturated rings. The van der Waals surface area contributed by atoms with Gasteiger partial charge in [0, 0.05) is 37.6 Å². The fraction of sp³-hybridized carbons (Fsp3) is 0.182. The third-order valence-electron chi connectivity index (χ3n) is 4.96. The second-order valence-corrected chi connectivity index (χ2v) is 7.77. The van der Waals surface area contributed by atoms with E-state index in [4.69, 9.17) is 5.73 Å². The van der Waals surface area contributed by atoms with Gasteiger partial charge in [-0.1, -0.05) is 36.4 Å². The standard InChI is InChI=1S/C22H21N5OS/c23-15-18-19(24)20(21(28)25-16-7-3-1-4-8-16)29-22(18)27-13-11-26(12-14-27)17-9-5-2-6-10-17/h1-10H,11-14,24H2,(H,25,28). The van der Waals surface area contributed by atoms with Crippen LogP contribution in [0.1, 0.15) is 15.2 Å². The van der Waals surface area contributed by atoms with Crippen LogP contribution in [0.2, 0.25) is 0 Å². The minimum Gasteiger partial charge on any atom is -0.396 e. The molecular formula is C22H21N5OS. The van der Waals surface area contributed by atoms with Crippen LogP contribution in [-0.2, 0) is 0 Å². The van der Waals surface area contributed by atoms with Crippen molar-refractivity contribution in [1.29, 1.82) is 5.26 Å². The first-order chi connectivity index (χ1) is 14.2. The Kier molecular flexibility index (Phi) is 5.36. The molecule has 3 aromatic rings. The van der Waals surface area contributed by atoms with E-state index in [1.165, 1.54) is 17.0 Å². The van der Waals surface area contributed by atoms with E-state index in [-0.39, 0.29) is 11.6 Å². The molecule has 3 N–H and O–H groups in total. The fourth-order valence-corrected chi connectivity index (χ4v) is 4.57. The summed E-state index contributed by atoms with van der Waals surface area (Å²) in [6, 6.07) is 21.7. The Bertz CT molecular complexity index is 1030. The highest BCUT2D eigenvalue weighted by atomic mass is 32.1. The summed E-state index contributed by atoms with van der Waals surface area (Å²) in [6.45, 7) is 3.23. The summed E-state index contributed by atoms with van der Waals surface area (Å²) in [6.07, 6.45) is 0. The first-order valence-corrected chi connectivity index (χ1v) is 10.2. The van der Waals surface area contributed by atoms with Crippen LogP contribution >= 0.6 is 11.3 Å². The van der Waals surface area contributed by atoms with Crippen LogP contribution in [0.4, 0.5) is 22.1 Å². The lowest BCUT2D eigenvalue weighted by atomic mass is 10.2. The number of hydrogen-bond donors (Lipinski definition) is 2. The molecule has 0 spiro atoms. The number of para-hydroxylation sites is 2. The molecule has 0 saturated carbocycles. The average Bonchev–Trinajstić information content (AvgIpc) is 3.11. The molecule has 0 unspecified atom stereocenters. The zero-order valence-electron chi connectivity index (χ0n) is 15.8. The number of anilines is 4. The lowest BCUT2D eigenvalue weighted by molar-refractivity contribution is 0.103. The second-order valence-electron chi connectivity index (χ2n) is 6.77. The summed E-state index contributed by atoms with van der Waals surface area (Å²) in [7, 11) is 0. The number of carbonyl (C=O) groups excluding carboxylic acids is 1. The smallest absolute Gasteiger partial charge is 0.267 e. The average molecular weight is 404 g/mol. The number of nitrogens with one attached hydrogen (secondary N) is 1. The number of hydrogen-bond acceptors (Lipinski definition) is 6. The van der Waals surface area contributed by atoms with Gasteiger partial charge in [0.25, 0.3) is 5.91 Å². The number of nitrogens with two attached hydrogens (primary N) is 1. The number of rotatable bonds is 4. The summed E-state index contributed by atoms with van der Waals surface area (Å²) in [5.74, 6) is -0.288. The number of piperazine rings is 1. The first-order valence-electron chi connectivity index (χ1n) is 9.41. The summed E-state index contributed by atoms with van der Waals surface area (Å²) in [4.78, 5) is 17.6. The van der Waals surface area contributed by atoms with Crippen LogP contribution in [0.5, 0.6) is 0 Å². The minimum absolute atomic E-state index is 0.256. The van der Waals surface area contributed by atoms with Crippen molar-refractivity contribution in [3.8, 4) is 6.07 Å². The normalized spacial score (nSPS) is 13.8. The summed E-state index contributed by atoms with van der Waals surface area (Å²) < 4.78 is 0. The van der Waals surface area contributed by atoms with Crippen molar-refractivity contribution in [2.45, 2.75) is 0 Å². The molecule has 1 amide bonds. The van der Waals surface area contributed by atoms with Gasteiger partial charge in [-0.2, -0.15) is 5.26 Å². The van der Waals surface area contributed by atoms with E-state index in [1.54, 1.807) is 0 Å². The number of benzene rings is 2. The van der Waals surface area contributed by atoms with Crippen LogP contribution in [0, 0.1) is 11.3 Å². The molecule has 6 nitrogen and oxygen atoms in total. The molecule has 0 aliphatic carbocycles. The van der Waals surface area contributed by atoms with Gasteiger partial charge in [-0.25, -0.2) is 0 Å². The molecule has 0 bridgehead atoms. The maximum Gasteiger partial charge on any atom is 0.267 e. The highest BCUT2D eigenvalue weighted by Gasteiger charge is 2.27. The molecule has 29 heavy (non-hydrogen) atoms. The predicted molar refractivity (Wildman–Crippen MR) is 119 cm³/mol. The zero-order chi connectivity index (χ0) is 20.2. The molecule has 1 aliphatic heterocycles. The molecule has 4 rings (SSSR count). The van der Waals surface area contributed by atoms with Crippen molar-refractivity contribution < 1.29 is 4.79 Å². The van der Waals surface area contributed by atoms with E-state index < -0.39 is 0 Å². The van der Waals surface area contributed by atoms with E-state index >= 15 is 0 Å². The van der Waals surface area contributed by atoms with Crippen LogP contribution in [0.25, 0.3) is 0 Å². The van der Waals surface area contributed by atoms with Gasteiger partial charge in [-0.15, -0.1) is 11.3 Å². The maximum absolute atomic E-state index is 12.7. The van der Waals surface area contributed by atoms with Gasteiger partial charge in [0.05, 0.1) is 5.69 Å². The summed E-state index contributed by atoms with van der Waals surface area (Å²) in [5, 5.41) is 13.3. The number of thiophene rings is 1. The van der Waals surface area contributed by atoms with E-state index in [1.807, 2.05) is 48.5 Å². The summed E-state index contributed by atoms with van der Waals surface area (Å²) in [5.41, 5.74) is 8.72. The van der Waals surface area contributed by atoms with Crippen LogP contribution in [0.15, 0.2) is 60.7 Å². The molecular weight excluding hydrogens is 382 g/mol. The predicted octanol–water partition coefficient (Wildman–Crippen LogP) is 3.78. The number of nitrogens with zero attached hydrogens (tertiary/aromatic N) is 3. The van der Waals surface area contributed by atoms with Gasteiger partial charge in [0.15, 0.2) is 0 Å². The number of carbonyl (C=O) groups is 1. The Morgan fingerprint density at radius 3 is 2.17 bits per heavy atom. The monoisotopic (exact) mass is 403 g/mol. The Morgan fingerprint density at radius 2 is 1.55 bits per heavy atom. The van der Waals surface area contributed by atoms with Crippen molar-refractivity contribution in [2.24, 2.45) is 0 Å². The van der Waals surface area contributed by atoms with Crippen LogP contribution in [0.3, 0.4) is 0 Å². The van der Waals surface area contributed by atoms with Gasteiger partial charge in [0.2, 0.25) is 0 Å². The highest BCUT2D eigenvalue weighted by Crippen LogP contribution is 2.38. The van der Waals surface area contributed by atoms with Gasteiger partial charge >= 0.3 is 0 Å². The second kappa shape index (κ2) is 8.25. The maximum atomic E-state index is 12.7. The lowest BCUT2D eigenvalue weighted by Gasteiger charge is -2.36. The molecule has 146 valence electrons. The van der Waals surface area contributed by atoms with Crippen molar-refractivity contribution in [3.63, 3.8) is 0 Å². The van der Waals surface area contributed by atoms with Gasteiger partial charge < -0.3 is 20.9 Å². The molecule has 0 radical (unpaired) electrons. The molecule has 1 aliphatic rings. The van der Waals surface area contributed by atoms with Gasteiger partial charge in [-0.3, -0.25) is 4.79 Å². The Labute approximate surface area is 173 Å². The molecule has 1 aromatic heterocycles. The van der Waals surface area contributed by atoms with Crippen LogP contribution < -0.4 is 20.9 Å². The van der Waals surface area contributed by atoms with Crippen molar-refractivity contribution in [2.75, 3.05) is 47.0 Å². The van der Waals surface area contributed by atoms with E-state index in [0.29, 0.717) is 16.1 Å². The topological polar surface area (TPSA) is 85.4 Å². The molecule has 0 atom stereocenters. The van der Waals surface area contributed by atoms with E-state index in [0.717, 1.165) is 31.2 Å². The van der Waals surface area contributed by atoms with Gasteiger partial charge in [0.1, 0.15) is 21.5 Å². The molecule has 7 heteroatoms. The van der Waals surface area contributed by atoms with E-state index in [2.05, 4.69) is 33.3 Å². The fourth-order valence-electron chi connectivity index (χ4n) is 3.45. The number of amides is 1. The third-order valence-corrected chi connectivity index (χ3v) is 6.23. The quantitative estimate of drug-likeness (QED) is 0.692. The Morgan fingerprint density at radius 1 is 0.966 bits per heavy atom. The molecule has 2 aromatic carbocycles. The SMILES string of the molecule is N#Cc1c(N2CCN(c3ccccc3)CC2)sc(C(=O)Nc2ccccc2)c1N. The Hall–Kier alpha value is -3.50. The summed E-state index contributed by atoms with van der Waals surface area (Å²) >= 11 is 1.29. The van der Waals surface area contributed by atoms with Crippen molar-refractivity contribution in [3.05, 3.63) is 71.1 Å². The minimum atomic E-state index is -0.288. The van der Waals surface area contributed by atoms with Crippen molar-refractivity contribution >= 4 is 39.3 Å².